The van der Waals surface area contributed by atoms with Gasteiger partial charge in [0, 0.05) is 30.6 Å². The lowest BCUT2D eigenvalue weighted by atomic mass is 10.0. The molecule has 0 aliphatic rings. The highest BCUT2D eigenvalue weighted by Gasteiger charge is 2.32. The highest BCUT2D eigenvalue weighted by Crippen LogP contribution is 2.30. The monoisotopic (exact) mass is 937 g/mol. The maximum atomic E-state index is 14.4. The molecule has 340 valence electrons. The van der Waals surface area contributed by atoms with E-state index in [0.29, 0.717) is 39.6 Å². The van der Waals surface area contributed by atoms with E-state index in [2.05, 4.69) is 30.1 Å². The molecule has 15 nitrogen and oxygen atoms in total. The SMILES string of the molecule is COc1cc(C)c(S(=O)(=O)NC(N)=NCCC[C@H](NC(=O)[C@H](Cc2cc(F)cc(F)c2)NC(=O)[C@@H](Cc2ccccc2)NS(=O)(=O)Cc2ccccc2)C(=O)c2nccs2)c(C)c1C. The van der Waals surface area contributed by atoms with Crippen LogP contribution in [0.4, 0.5) is 8.78 Å². The Morgan fingerprint density at radius 1 is 0.797 bits per heavy atom. The van der Waals surface area contributed by atoms with Crippen LogP contribution in [-0.2, 0) is 48.2 Å². The van der Waals surface area contributed by atoms with E-state index in [0.717, 1.165) is 23.5 Å². The summed E-state index contributed by atoms with van der Waals surface area (Å²) < 4.78 is 92.6. The number of hydrogen-bond donors (Lipinski definition) is 5. The van der Waals surface area contributed by atoms with Crippen LogP contribution in [0, 0.1) is 32.4 Å². The second-order valence-electron chi connectivity index (χ2n) is 14.9. The fraction of sp³-hybridized carbons (Fsp3) is 0.295. The van der Waals surface area contributed by atoms with E-state index in [9.17, 15) is 40.0 Å². The molecule has 5 aromatic rings. The molecule has 0 fully saturated rings. The van der Waals surface area contributed by atoms with Crippen LogP contribution in [0.25, 0.3) is 0 Å². The Morgan fingerprint density at radius 3 is 2.00 bits per heavy atom. The number of halogens is 2. The van der Waals surface area contributed by atoms with Gasteiger partial charge in [0.1, 0.15) is 29.5 Å². The smallest absolute Gasteiger partial charge is 0.264 e. The molecule has 4 aromatic carbocycles. The van der Waals surface area contributed by atoms with Crippen LogP contribution in [0.15, 0.2) is 106 Å². The van der Waals surface area contributed by atoms with Gasteiger partial charge >= 0.3 is 0 Å². The zero-order valence-electron chi connectivity index (χ0n) is 35.4. The predicted molar refractivity (Wildman–Crippen MR) is 240 cm³/mol. The summed E-state index contributed by atoms with van der Waals surface area (Å²) in [4.78, 5) is 50.4. The van der Waals surface area contributed by atoms with Crippen LogP contribution < -0.4 is 30.5 Å². The van der Waals surface area contributed by atoms with E-state index < -0.39 is 85.5 Å². The van der Waals surface area contributed by atoms with E-state index in [1.54, 1.807) is 92.9 Å². The third kappa shape index (κ3) is 13.7. The minimum Gasteiger partial charge on any atom is -0.496 e. The lowest BCUT2D eigenvalue weighted by Crippen LogP contribution is -2.57. The number of carbonyl (C=O) groups is 3. The zero-order valence-corrected chi connectivity index (χ0v) is 37.9. The van der Waals surface area contributed by atoms with Gasteiger partial charge in [0.25, 0.3) is 10.0 Å². The van der Waals surface area contributed by atoms with Crippen LogP contribution in [-0.4, -0.2) is 77.2 Å². The number of thiazole rings is 1. The molecule has 5 rings (SSSR count). The number of nitrogens with zero attached hydrogens (tertiary/aromatic N) is 2. The van der Waals surface area contributed by atoms with Gasteiger partial charge in [-0.1, -0.05) is 60.7 Å². The van der Waals surface area contributed by atoms with Gasteiger partial charge in [-0.05, 0) is 91.6 Å². The molecule has 0 unspecified atom stereocenters. The van der Waals surface area contributed by atoms with Gasteiger partial charge in [-0.2, -0.15) is 0 Å². The summed E-state index contributed by atoms with van der Waals surface area (Å²) in [5.74, 6) is -4.71. The number of Topliss-reactive ketones (excluding diaryl/α,β-unsaturated/α-hetero) is 1. The Hall–Kier alpha value is -6.09. The summed E-state index contributed by atoms with van der Waals surface area (Å²) in [5.41, 5.74) is 8.55. The number of hydrogen-bond acceptors (Lipinski definition) is 11. The second kappa shape index (κ2) is 22.0. The third-order valence-corrected chi connectivity index (χ3v) is 13.8. The van der Waals surface area contributed by atoms with Crippen LogP contribution in [0.2, 0.25) is 0 Å². The van der Waals surface area contributed by atoms with Crippen LogP contribution in [0.1, 0.15) is 56.0 Å². The number of aryl methyl sites for hydroxylation is 1. The number of amides is 2. The van der Waals surface area contributed by atoms with Gasteiger partial charge < -0.3 is 21.1 Å². The van der Waals surface area contributed by atoms with Crippen molar-refractivity contribution < 1.29 is 44.7 Å². The van der Waals surface area contributed by atoms with E-state index in [-0.39, 0.29) is 41.3 Å². The van der Waals surface area contributed by atoms with Gasteiger partial charge in [-0.25, -0.2) is 40.0 Å². The summed E-state index contributed by atoms with van der Waals surface area (Å²) in [6, 6.07) is 16.7. The lowest BCUT2D eigenvalue weighted by Gasteiger charge is -2.25. The van der Waals surface area contributed by atoms with Gasteiger partial charge in [0.15, 0.2) is 5.01 Å². The number of methoxy groups -OCH3 is 1. The number of ketones is 1. The maximum Gasteiger partial charge on any atom is 0.264 e. The first-order valence-corrected chi connectivity index (χ1v) is 23.9. The standard InChI is InChI=1S/C44H49F2N7O8S3/c1-27-20-38(61-4)28(2)29(3)40(27)64(59,60)53-44(47)49-17-11-16-35(39(54)43-48-18-19-62-43)50-41(55)36(24-32-21-33(45)25-34(46)22-32)51-42(56)37(23-30-12-7-5-8-13-30)52-63(57,58)26-31-14-9-6-10-15-31/h5-10,12-15,18-22,25,35-37,52H,11,16-17,23-24,26H2,1-4H3,(H,50,55)(H,51,56)(H3,47,49,53)/t35-,36-,37+/m0/s1. The molecule has 0 bridgehead atoms. The van der Waals surface area contributed by atoms with Gasteiger partial charge in [0.2, 0.25) is 33.6 Å². The number of rotatable bonds is 21. The fourth-order valence-electron chi connectivity index (χ4n) is 6.93. The molecule has 0 saturated heterocycles. The van der Waals surface area contributed by atoms with Gasteiger partial charge in [0.05, 0.1) is 23.8 Å². The van der Waals surface area contributed by atoms with Crippen molar-refractivity contribution in [2.75, 3.05) is 13.7 Å². The minimum atomic E-state index is -4.18. The van der Waals surface area contributed by atoms with Gasteiger partial charge in [-0.15, -0.1) is 11.3 Å². The quantitative estimate of drug-likeness (QED) is 0.0298. The van der Waals surface area contributed by atoms with Crippen molar-refractivity contribution in [2.24, 2.45) is 10.7 Å². The molecule has 2 amide bonds. The first-order valence-electron chi connectivity index (χ1n) is 19.9. The van der Waals surface area contributed by atoms with Crippen molar-refractivity contribution in [1.29, 1.82) is 0 Å². The number of guanidine groups is 1. The van der Waals surface area contributed by atoms with E-state index in [4.69, 9.17) is 10.5 Å². The molecular formula is C44H49F2N7O8S3. The minimum absolute atomic E-state index is 0.0133. The number of nitrogens with two attached hydrogens (primary N) is 1. The summed E-state index contributed by atoms with van der Waals surface area (Å²) in [7, 11) is -6.85. The number of aliphatic imine (C=N–C) groups is 1. The Kier molecular flexibility index (Phi) is 16.8. The Morgan fingerprint density at radius 2 is 1.39 bits per heavy atom. The number of aromatic nitrogens is 1. The zero-order chi connectivity index (χ0) is 46.6. The molecule has 0 aliphatic carbocycles. The molecule has 20 heteroatoms. The molecule has 64 heavy (non-hydrogen) atoms. The summed E-state index contributed by atoms with van der Waals surface area (Å²) in [6.07, 6.45) is 0.808. The van der Waals surface area contributed by atoms with Crippen molar-refractivity contribution in [3.05, 3.63) is 147 Å². The normalized spacial score (nSPS) is 13.4. The van der Waals surface area contributed by atoms with Crippen molar-refractivity contribution in [3.63, 3.8) is 0 Å². The van der Waals surface area contributed by atoms with Crippen LogP contribution in [0.5, 0.6) is 5.75 Å². The molecule has 1 heterocycles. The first kappa shape index (κ1) is 48.9. The molecule has 3 atom stereocenters. The lowest BCUT2D eigenvalue weighted by molar-refractivity contribution is -0.130. The average Bonchev–Trinajstić information content (AvgIpc) is 3.78. The molecule has 0 saturated carbocycles. The van der Waals surface area contributed by atoms with Crippen molar-refractivity contribution in [3.8, 4) is 5.75 Å². The molecule has 0 spiro atoms. The summed E-state index contributed by atoms with van der Waals surface area (Å²) in [5, 5.41) is 6.81. The second-order valence-corrected chi connectivity index (χ2v) is 19.2. The molecule has 6 N–H and O–H groups in total. The summed E-state index contributed by atoms with van der Waals surface area (Å²) >= 11 is 1.01. The maximum absolute atomic E-state index is 14.4. The number of benzene rings is 4. The van der Waals surface area contributed by atoms with E-state index in [1.165, 1.54) is 13.3 Å². The fourth-order valence-corrected chi connectivity index (χ4v) is 10.4. The van der Waals surface area contributed by atoms with Crippen LogP contribution in [0.3, 0.4) is 0 Å². The summed E-state index contributed by atoms with van der Waals surface area (Å²) in [6.45, 7) is 4.89. The third-order valence-electron chi connectivity index (χ3n) is 10.0. The molecule has 0 aliphatic heterocycles. The molecule has 1 aromatic heterocycles. The Balaban J connectivity index is 1.37. The van der Waals surface area contributed by atoms with Crippen molar-refractivity contribution in [2.45, 2.75) is 75.2 Å². The van der Waals surface area contributed by atoms with E-state index in [1.807, 2.05) is 0 Å². The molecular weight excluding hydrogens is 889 g/mol. The Bertz CT molecular complexity index is 2670. The topological polar surface area (TPSA) is 228 Å². The molecule has 0 radical (unpaired) electrons. The number of sulfonamides is 2. The van der Waals surface area contributed by atoms with Gasteiger partial charge in [-0.3, -0.25) is 19.4 Å². The number of nitrogens with one attached hydrogen (secondary N) is 4. The highest BCUT2D eigenvalue weighted by molar-refractivity contribution is 7.90. The number of carbonyl (C=O) groups excluding carboxylic acids is 3. The van der Waals surface area contributed by atoms with Crippen molar-refractivity contribution in [1.82, 2.24) is 25.1 Å². The average molecular weight is 938 g/mol. The highest BCUT2D eigenvalue weighted by atomic mass is 32.2. The van der Waals surface area contributed by atoms with Crippen molar-refractivity contribution >= 4 is 54.9 Å². The number of ether oxygens (including phenoxy) is 1. The van der Waals surface area contributed by atoms with E-state index >= 15 is 0 Å². The largest absolute Gasteiger partial charge is 0.496 e. The predicted octanol–water partition coefficient (Wildman–Crippen LogP) is 4.55. The Labute approximate surface area is 375 Å². The first-order chi connectivity index (χ1) is 30.4. The van der Waals surface area contributed by atoms with Crippen LogP contribution >= 0.6 is 11.3 Å².